The molecule has 18 heavy (non-hydrogen) atoms. The molecule has 0 N–H and O–H groups in total. The van der Waals surface area contributed by atoms with Crippen molar-refractivity contribution in [3.05, 3.63) is 65.2 Å². The Kier molecular flexibility index (Phi) is 3.96. The zero-order chi connectivity index (χ0) is 13.0. The van der Waals surface area contributed by atoms with Gasteiger partial charge >= 0.3 is 0 Å². The molecule has 0 saturated carbocycles. The van der Waals surface area contributed by atoms with Crippen molar-refractivity contribution in [2.24, 2.45) is 0 Å². The highest BCUT2D eigenvalue weighted by Crippen LogP contribution is 2.25. The molecule has 90 valence electrons. The molecule has 1 nitrogen and oxygen atoms in total. The summed E-state index contributed by atoms with van der Waals surface area (Å²) in [4.78, 5) is 0.859. The number of nitrogens with zero attached hydrogens (tertiary/aromatic N) is 1. The van der Waals surface area contributed by atoms with Crippen molar-refractivity contribution in [1.82, 2.24) is 0 Å². The van der Waals surface area contributed by atoms with Crippen LogP contribution in [-0.4, -0.2) is 0 Å². The highest BCUT2D eigenvalue weighted by Gasteiger charge is 2.07. The number of benzene rings is 2. The summed E-state index contributed by atoms with van der Waals surface area (Å²) in [5.41, 5.74) is 0.524. The number of nitriles is 1. The summed E-state index contributed by atoms with van der Waals surface area (Å²) in [6.45, 7) is 0. The van der Waals surface area contributed by atoms with Crippen LogP contribution in [0, 0.1) is 23.0 Å². The normalized spacial score (nSPS) is 10.1. The minimum absolute atomic E-state index is 0.0483. The Bertz CT molecular complexity index is 588. The maximum atomic E-state index is 13.7. The molecule has 0 aliphatic heterocycles. The van der Waals surface area contributed by atoms with Gasteiger partial charge in [0.25, 0.3) is 0 Å². The van der Waals surface area contributed by atoms with Gasteiger partial charge in [-0.2, -0.15) is 5.26 Å². The van der Waals surface area contributed by atoms with Crippen LogP contribution < -0.4 is 0 Å². The number of hydrogen-bond donors (Lipinski definition) is 0. The van der Waals surface area contributed by atoms with Crippen LogP contribution in [0.4, 0.5) is 8.78 Å². The largest absolute Gasteiger partial charge is 0.207 e. The number of rotatable bonds is 3. The van der Waals surface area contributed by atoms with E-state index in [-0.39, 0.29) is 11.4 Å². The van der Waals surface area contributed by atoms with E-state index in [0.717, 1.165) is 4.90 Å². The van der Waals surface area contributed by atoms with Gasteiger partial charge in [0, 0.05) is 10.6 Å². The Morgan fingerprint density at radius 1 is 1.06 bits per heavy atom. The molecule has 0 unspecified atom stereocenters. The first-order valence-electron chi connectivity index (χ1n) is 5.26. The number of hydrogen-bond acceptors (Lipinski definition) is 2. The standard InChI is InChI=1S/C14H9F2NS/c15-12-4-6-13(7-5-12)18-9-11-3-1-2-10(8-17)14(11)16/h1-7H,9H2. The van der Waals surface area contributed by atoms with Crippen molar-refractivity contribution in [3.63, 3.8) is 0 Å². The van der Waals surface area contributed by atoms with Crippen LogP contribution in [0.1, 0.15) is 11.1 Å². The van der Waals surface area contributed by atoms with E-state index < -0.39 is 5.82 Å². The van der Waals surface area contributed by atoms with Gasteiger partial charge < -0.3 is 0 Å². The van der Waals surface area contributed by atoms with Crippen molar-refractivity contribution in [2.75, 3.05) is 0 Å². The fourth-order valence-corrected chi connectivity index (χ4v) is 2.34. The molecule has 0 spiro atoms. The molecule has 0 aliphatic carbocycles. The van der Waals surface area contributed by atoms with Gasteiger partial charge in [0.1, 0.15) is 17.7 Å². The van der Waals surface area contributed by atoms with Crippen LogP contribution in [0.2, 0.25) is 0 Å². The SMILES string of the molecule is N#Cc1cccc(CSc2ccc(F)cc2)c1F. The minimum atomic E-state index is -0.477. The van der Waals surface area contributed by atoms with Crippen LogP contribution in [0.15, 0.2) is 47.4 Å². The molecule has 0 bridgehead atoms. The molecular weight excluding hydrogens is 252 g/mol. The van der Waals surface area contributed by atoms with Crippen molar-refractivity contribution >= 4 is 11.8 Å². The predicted molar refractivity (Wildman–Crippen MR) is 67.1 cm³/mol. The second kappa shape index (κ2) is 5.65. The topological polar surface area (TPSA) is 23.8 Å². The second-order valence-corrected chi connectivity index (χ2v) is 4.68. The summed E-state index contributed by atoms with van der Waals surface area (Å²) in [7, 11) is 0. The van der Waals surface area contributed by atoms with Crippen molar-refractivity contribution in [3.8, 4) is 6.07 Å². The highest BCUT2D eigenvalue weighted by molar-refractivity contribution is 7.98. The van der Waals surface area contributed by atoms with Gasteiger partial charge in [-0.3, -0.25) is 0 Å². The van der Waals surface area contributed by atoms with Gasteiger partial charge in [-0.1, -0.05) is 12.1 Å². The molecule has 0 aromatic heterocycles. The van der Waals surface area contributed by atoms with Gasteiger partial charge in [0.2, 0.25) is 0 Å². The molecule has 0 amide bonds. The summed E-state index contributed by atoms with van der Waals surface area (Å²) in [6, 6.07) is 12.6. The summed E-state index contributed by atoms with van der Waals surface area (Å²) in [5, 5.41) is 8.72. The average molecular weight is 261 g/mol. The van der Waals surface area contributed by atoms with E-state index in [2.05, 4.69) is 0 Å². The van der Waals surface area contributed by atoms with Gasteiger partial charge in [-0.15, -0.1) is 11.8 Å². The van der Waals surface area contributed by atoms with Gasteiger partial charge in [0.15, 0.2) is 0 Å². The average Bonchev–Trinajstić information content (AvgIpc) is 2.39. The first kappa shape index (κ1) is 12.6. The van der Waals surface area contributed by atoms with Crippen LogP contribution in [0.25, 0.3) is 0 Å². The lowest BCUT2D eigenvalue weighted by Crippen LogP contribution is -1.91. The molecule has 2 aromatic rings. The molecule has 2 aromatic carbocycles. The number of thioether (sulfide) groups is 1. The van der Waals surface area contributed by atoms with E-state index >= 15 is 0 Å². The summed E-state index contributed by atoms with van der Waals surface area (Å²) >= 11 is 1.40. The first-order chi connectivity index (χ1) is 8.70. The maximum Gasteiger partial charge on any atom is 0.144 e. The predicted octanol–water partition coefficient (Wildman–Crippen LogP) is 4.13. The molecule has 0 radical (unpaired) electrons. The van der Waals surface area contributed by atoms with Crippen LogP contribution in [0.5, 0.6) is 0 Å². The van der Waals surface area contributed by atoms with Gasteiger partial charge in [-0.25, -0.2) is 8.78 Å². The van der Waals surface area contributed by atoms with E-state index in [9.17, 15) is 8.78 Å². The monoisotopic (exact) mass is 261 g/mol. The lowest BCUT2D eigenvalue weighted by molar-refractivity contribution is 0.613. The smallest absolute Gasteiger partial charge is 0.144 e. The molecule has 0 heterocycles. The van der Waals surface area contributed by atoms with E-state index in [4.69, 9.17) is 5.26 Å². The molecule has 4 heteroatoms. The summed E-state index contributed by atoms with van der Waals surface area (Å²) in [5.74, 6) is -0.362. The van der Waals surface area contributed by atoms with E-state index in [0.29, 0.717) is 11.3 Å². The van der Waals surface area contributed by atoms with Crippen LogP contribution in [-0.2, 0) is 5.75 Å². The van der Waals surface area contributed by atoms with Gasteiger partial charge in [0.05, 0.1) is 5.56 Å². The van der Waals surface area contributed by atoms with E-state index in [1.807, 2.05) is 6.07 Å². The van der Waals surface area contributed by atoms with Crippen LogP contribution in [0.3, 0.4) is 0 Å². The molecular formula is C14H9F2NS. The lowest BCUT2D eigenvalue weighted by Gasteiger charge is -2.04. The first-order valence-corrected chi connectivity index (χ1v) is 6.25. The van der Waals surface area contributed by atoms with E-state index in [1.165, 1.54) is 30.0 Å². The second-order valence-electron chi connectivity index (χ2n) is 3.63. The fraction of sp³-hybridized carbons (Fsp3) is 0.0714. The van der Waals surface area contributed by atoms with Gasteiger partial charge in [-0.05, 0) is 35.9 Å². The molecule has 0 aliphatic rings. The summed E-state index contributed by atoms with van der Waals surface area (Å²) < 4.78 is 26.5. The molecule has 0 atom stereocenters. The number of halogens is 2. The van der Waals surface area contributed by atoms with Crippen molar-refractivity contribution < 1.29 is 8.78 Å². The zero-order valence-electron chi connectivity index (χ0n) is 9.36. The fourth-order valence-electron chi connectivity index (χ4n) is 1.47. The Labute approximate surface area is 108 Å². The Balaban J connectivity index is 2.11. The van der Waals surface area contributed by atoms with E-state index in [1.54, 1.807) is 24.3 Å². The van der Waals surface area contributed by atoms with Crippen LogP contribution >= 0.6 is 11.8 Å². The highest BCUT2D eigenvalue weighted by atomic mass is 32.2. The maximum absolute atomic E-state index is 13.7. The van der Waals surface area contributed by atoms with Crippen molar-refractivity contribution in [2.45, 2.75) is 10.6 Å². The lowest BCUT2D eigenvalue weighted by atomic mass is 10.1. The third-order valence-corrected chi connectivity index (χ3v) is 3.47. The molecule has 0 fully saturated rings. The summed E-state index contributed by atoms with van der Waals surface area (Å²) in [6.07, 6.45) is 0. The Morgan fingerprint density at radius 3 is 2.44 bits per heavy atom. The third-order valence-electron chi connectivity index (χ3n) is 2.41. The molecule has 2 rings (SSSR count). The quantitative estimate of drug-likeness (QED) is 0.776. The zero-order valence-corrected chi connectivity index (χ0v) is 10.2. The van der Waals surface area contributed by atoms with Crippen molar-refractivity contribution in [1.29, 1.82) is 5.26 Å². The molecule has 0 saturated heterocycles. The Morgan fingerprint density at radius 2 is 1.78 bits per heavy atom. The Hall–Kier alpha value is -1.86. The third kappa shape index (κ3) is 2.88. The minimum Gasteiger partial charge on any atom is -0.207 e.